The molecule has 5 rings (SSSR count). The van der Waals surface area contributed by atoms with Gasteiger partial charge in [-0.25, -0.2) is 9.97 Å². The number of amides is 2. The summed E-state index contributed by atoms with van der Waals surface area (Å²) in [5.41, 5.74) is 1.12. The quantitative estimate of drug-likeness (QED) is 0.738. The molecular formula is C23H30N6O3. The topological polar surface area (TPSA) is 104 Å². The third-order valence-corrected chi connectivity index (χ3v) is 6.54. The van der Waals surface area contributed by atoms with Gasteiger partial charge < -0.3 is 19.6 Å². The van der Waals surface area contributed by atoms with Crippen molar-refractivity contribution in [2.24, 2.45) is 5.92 Å². The first-order chi connectivity index (χ1) is 15.5. The molecule has 2 aromatic heterocycles. The highest BCUT2D eigenvalue weighted by atomic mass is 16.5. The lowest BCUT2D eigenvalue weighted by Crippen LogP contribution is -2.39. The number of hydrogen-bond acceptors (Lipinski definition) is 7. The van der Waals surface area contributed by atoms with Crippen LogP contribution in [0.2, 0.25) is 0 Å². The number of anilines is 1. The smallest absolute Gasteiger partial charge is 0.276 e. The number of rotatable bonds is 6. The minimum Gasteiger partial charge on any atom is -0.360 e. The molecule has 1 N–H and O–H groups in total. The van der Waals surface area contributed by atoms with Gasteiger partial charge in [-0.1, -0.05) is 5.16 Å². The van der Waals surface area contributed by atoms with Crippen molar-refractivity contribution in [2.45, 2.75) is 57.4 Å². The van der Waals surface area contributed by atoms with Crippen LogP contribution in [0.4, 0.5) is 5.95 Å². The van der Waals surface area contributed by atoms with Gasteiger partial charge in [0.2, 0.25) is 11.9 Å². The summed E-state index contributed by atoms with van der Waals surface area (Å²) in [6.45, 7) is 6.52. The molecule has 0 bridgehead atoms. The summed E-state index contributed by atoms with van der Waals surface area (Å²) in [6, 6.07) is 3.65. The Balaban J connectivity index is 1.39. The van der Waals surface area contributed by atoms with E-state index in [1.165, 1.54) is 0 Å². The summed E-state index contributed by atoms with van der Waals surface area (Å²) in [7, 11) is 0. The van der Waals surface area contributed by atoms with Crippen LogP contribution in [0.15, 0.2) is 22.9 Å². The SMILES string of the molecule is CC(C)NC(=O)[C@H]1CN(C(=O)c2cc(C3CC3)on2)C[C@@H]1c1ccnc(N2CCCC2)n1. The number of hydrogen-bond donors (Lipinski definition) is 1. The van der Waals surface area contributed by atoms with Crippen LogP contribution in [0.5, 0.6) is 0 Å². The minimum absolute atomic E-state index is 0.0232. The Morgan fingerprint density at radius 3 is 2.69 bits per heavy atom. The molecule has 2 aromatic rings. The second-order valence-electron chi connectivity index (χ2n) is 9.45. The number of aromatic nitrogens is 3. The van der Waals surface area contributed by atoms with E-state index in [0.29, 0.717) is 30.6 Å². The van der Waals surface area contributed by atoms with Crippen molar-refractivity contribution in [2.75, 3.05) is 31.1 Å². The van der Waals surface area contributed by atoms with Crippen molar-refractivity contribution in [3.63, 3.8) is 0 Å². The second kappa shape index (κ2) is 8.52. The Bertz CT molecular complexity index is 995. The average molecular weight is 439 g/mol. The maximum absolute atomic E-state index is 13.2. The molecule has 32 heavy (non-hydrogen) atoms. The fourth-order valence-electron chi connectivity index (χ4n) is 4.68. The van der Waals surface area contributed by atoms with Crippen molar-refractivity contribution >= 4 is 17.8 Å². The van der Waals surface area contributed by atoms with Gasteiger partial charge in [-0.2, -0.15) is 0 Å². The Labute approximate surface area is 187 Å². The Hall–Kier alpha value is -2.97. The van der Waals surface area contributed by atoms with Crippen LogP contribution < -0.4 is 10.2 Å². The third kappa shape index (κ3) is 4.20. The van der Waals surface area contributed by atoms with Gasteiger partial charge >= 0.3 is 0 Å². The average Bonchev–Trinajstić information content (AvgIpc) is 3.21. The molecule has 170 valence electrons. The summed E-state index contributed by atoms with van der Waals surface area (Å²) in [5.74, 6) is 1.06. The van der Waals surface area contributed by atoms with Crippen molar-refractivity contribution in [3.8, 4) is 0 Å². The number of likely N-dealkylation sites (tertiary alicyclic amines) is 1. The van der Waals surface area contributed by atoms with Gasteiger partial charge in [-0.15, -0.1) is 0 Å². The molecule has 0 unspecified atom stereocenters. The first kappa shape index (κ1) is 20.9. The van der Waals surface area contributed by atoms with E-state index in [4.69, 9.17) is 9.51 Å². The van der Waals surface area contributed by atoms with Gasteiger partial charge in [0.25, 0.3) is 5.91 Å². The largest absolute Gasteiger partial charge is 0.360 e. The van der Waals surface area contributed by atoms with E-state index in [-0.39, 0.29) is 29.7 Å². The standard InChI is InChI=1S/C23H30N6O3/c1-14(2)25-21(30)17-13-29(22(31)19-11-20(32-27-19)15-5-6-15)12-16(17)18-7-8-24-23(26-18)28-9-3-4-10-28/h7-8,11,14-17H,3-6,9-10,12-13H2,1-2H3,(H,25,30)/t16-,17-/m0/s1. The summed E-state index contributed by atoms with van der Waals surface area (Å²) in [5, 5.41) is 7.02. The van der Waals surface area contributed by atoms with E-state index in [1.807, 2.05) is 19.9 Å². The molecule has 9 heteroatoms. The minimum atomic E-state index is -0.377. The predicted octanol–water partition coefficient (Wildman–Crippen LogP) is 2.32. The van der Waals surface area contributed by atoms with E-state index < -0.39 is 0 Å². The Kier molecular flexibility index (Phi) is 5.57. The number of carbonyl (C=O) groups is 2. The zero-order chi connectivity index (χ0) is 22.2. The lowest BCUT2D eigenvalue weighted by Gasteiger charge is -2.21. The molecule has 2 aliphatic heterocycles. The molecule has 3 fully saturated rings. The van der Waals surface area contributed by atoms with Crippen molar-refractivity contribution in [3.05, 3.63) is 35.5 Å². The molecular weight excluding hydrogens is 408 g/mol. The van der Waals surface area contributed by atoms with Gasteiger partial charge in [-0.05, 0) is 45.6 Å². The van der Waals surface area contributed by atoms with Crippen molar-refractivity contribution < 1.29 is 14.1 Å². The van der Waals surface area contributed by atoms with E-state index in [1.54, 1.807) is 17.2 Å². The molecule has 1 aliphatic carbocycles. The van der Waals surface area contributed by atoms with Gasteiger partial charge in [-0.3, -0.25) is 9.59 Å². The Morgan fingerprint density at radius 2 is 1.97 bits per heavy atom. The first-order valence-electron chi connectivity index (χ1n) is 11.6. The number of nitrogens with zero attached hydrogens (tertiary/aromatic N) is 5. The maximum Gasteiger partial charge on any atom is 0.276 e. The first-order valence-corrected chi connectivity index (χ1v) is 11.6. The van der Waals surface area contributed by atoms with E-state index in [2.05, 4.69) is 20.4 Å². The molecule has 3 aliphatic rings. The molecule has 9 nitrogen and oxygen atoms in total. The third-order valence-electron chi connectivity index (χ3n) is 6.54. The zero-order valence-corrected chi connectivity index (χ0v) is 18.7. The lowest BCUT2D eigenvalue weighted by atomic mass is 9.91. The highest BCUT2D eigenvalue weighted by Gasteiger charge is 2.42. The Morgan fingerprint density at radius 1 is 1.19 bits per heavy atom. The van der Waals surface area contributed by atoms with Crippen LogP contribution in [0.3, 0.4) is 0 Å². The summed E-state index contributed by atoms with van der Waals surface area (Å²) in [6.07, 6.45) is 6.20. The van der Waals surface area contributed by atoms with E-state index in [0.717, 1.165) is 50.2 Å². The summed E-state index contributed by atoms with van der Waals surface area (Å²) in [4.78, 5) is 39.4. The molecule has 0 spiro atoms. The molecule has 4 heterocycles. The molecule has 2 atom stereocenters. The zero-order valence-electron chi connectivity index (χ0n) is 18.7. The molecule has 0 radical (unpaired) electrons. The fraction of sp³-hybridized carbons (Fsp3) is 0.609. The number of nitrogens with one attached hydrogen (secondary N) is 1. The fourth-order valence-corrected chi connectivity index (χ4v) is 4.68. The van der Waals surface area contributed by atoms with Gasteiger partial charge in [0.05, 0.1) is 11.6 Å². The lowest BCUT2D eigenvalue weighted by molar-refractivity contribution is -0.125. The summed E-state index contributed by atoms with van der Waals surface area (Å²) >= 11 is 0. The van der Waals surface area contributed by atoms with Crippen molar-refractivity contribution in [1.29, 1.82) is 0 Å². The predicted molar refractivity (Wildman–Crippen MR) is 117 cm³/mol. The highest BCUT2D eigenvalue weighted by Crippen LogP contribution is 2.40. The van der Waals surface area contributed by atoms with Gasteiger partial charge in [0.15, 0.2) is 5.69 Å². The second-order valence-corrected chi connectivity index (χ2v) is 9.45. The normalized spacial score (nSPS) is 23.2. The van der Waals surface area contributed by atoms with Crippen LogP contribution in [-0.4, -0.2) is 64.1 Å². The maximum atomic E-state index is 13.2. The van der Waals surface area contributed by atoms with E-state index >= 15 is 0 Å². The summed E-state index contributed by atoms with van der Waals surface area (Å²) < 4.78 is 5.38. The van der Waals surface area contributed by atoms with Crippen LogP contribution >= 0.6 is 0 Å². The van der Waals surface area contributed by atoms with Crippen LogP contribution in [0.1, 0.15) is 73.3 Å². The molecule has 1 saturated carbocycles. The molecule has 2 amide bonds. The molecule has 0 aromatic carbocycles. The van der Waals surface area contributed by atoms with E-state index in [9.17, 15) is 9.59 Å². The van der Waals surface area contributed by atoms with Gasteiger partial charge in [0, 0.05) is 56.3 Å². The van der Waals surface area contributed by atoms with Crippen LogP contribution in [-0.2, 0) is 4.79 Å². The number of carbonyl (C=O) groups excluding carboxylic acids is 2. The molecule has 2 saturated heterocycles. The van der Waals surface area contributed by atoms with Crippen LogP contribution in [0, 0.1) is 5.92 Å². The monoisotopic (exact) mass is 438 g/mol. The highest BCUT2D eigenvalue weighted by molar-refractivity contribution is 5.93. The van der Waals surface area contributed by atoms with Crippen LogP contribution in [0.25, 0.3) is 0 Å². The van der Waals surface area contributed by atoms with Crippen molar-refractivity contribution in [1.82, 2.24) is 25.3 Å². The van der Waals surface area contributed by atoms with Gasteiger partial charge in [0.1, 0.15) is 5.76 Å².